The van der Waals surface area contributed by atoms with Crippen LogP contribution in [-0.2, 0) is 16.1 Å². The number of aromatic nitrogens is 2. The molecule has 1 heterocycles. The topological polar surface area (TPSA) is 120 Å². The van der Waals surface area contributed by atoms with Crippen molar-refractivity contribution in [2.75, 3.05) is 20.8 Å². The van der Waals surface area contributed by atoms with E-state index in [1.807, 2.05) is 0 Å². The minimum Gasteiger partial charge on any atom is -0.493 e. The van der Waals surface area contributed by atoms with Gasteiger partial charge in [-0.2, -0.15) is 5.10 Å². The van der Waals surface area contributed by atoms with E-state index in [1.165, 1.54) is 26.4 Å². The lowest BCUT2D eigenvalue weighted by molar-refractivity contribution is -0.138. The van der Waals surface area contributed by atoms with Gasteiger partial charge < -0.3 is 19.9 Å². The van der Waals surface area contributed by atoms with Crippen LogP contribution in [-0.4, -0.2) is 47.5 Å². The monoisotopic (exact) mass is 347 g/mol. The molecule has 0 saturated carbocycles. The molecule has 1 amide bonds. The number of methoxy groups -OCH3 is 2. The largest absolute Gasteiger partial charge is 0.493 e. The van der Waals surface area contributed by atoms with Crippen LogP contribution in [0.4, 0.5) is 0 Å². The first kappa shape index (κ1) is 18.0. The van der Waals surface area contributed by atoms with Crippen LogP contribution in [0.25, 0.3) is 11.3 Å². The van der Waals surface area contributed by atoms with Crippen LogP contribution in [0.2, 0.25) is 0 Å². The maximum atomic E-state index is 11.9. The number of carboxylic acids is 1. The number of benzene rings is 1. The van der Waals surface area contributed by atoms with E-state index in [-0.39, 0.29) is 6.54 Å². The molecule has 1 aromatic heterocycles. The third-order valence-corrected chi connectivity index (χ3v) is 3.28. The van der Waals surface area contributed by atoms with Crippen LogP contribution in [0, 0.1) is 0 Å². The summed E-state index contributed by atoms with van der Waals surface area (Å²) in [7, 11) is 3.02. The first-order valence-corrected chi connectivity index (χ1v) is 7.23. The van der Waals surface area contributed by atoms with Gasteiger partial charge in [0, 0.05) is 11.6 Å². The number of nitrogens with one attached hydrogen (secondary N) is 1. The number of amides is 1. The number of hydrogen-bond acceptors (Lipinski definition) is 6. The molecule has 0 aliphatic carbocycles. The molecule has 0 unspecified atom stereocenters. The van der Waals surface area contributed by atoms with Crippen LogP contribution >= 0.6 is 0 Å². The highest BCUT2D eigenvalue weighted by atomic mass is 16.5. The summed E-state index contributed by atoms with van der Waals surface area (Å²) in [5, 5.41) is 14.9. The summed E-state index contributed by atoms with van der Waals surface area (Å²) in [6.07, 6.45) is 0. The maximum absolute atomic E-state index is 11.9. The van der Waals surface area contributed by atoms with Crippen molar-refractivity contribution in [1.82, 2.24) is 15.1 Å². The van der Waals surface area contributed by atoms with Gasteiger partial charge in [-0.25, -0.2) is 4.68 Å². The normalized spacial score (nSPS) is 10.2. The van der Waals surface area contributed by atoms with Crippen molar-refractivity contribution in [2.24, 2.45) is 0 Å². The molecule has 2 aromatic rings. The van der Waals surface area contributed by atoms with E-state index >= 15 is 0 Å². The first-order valence-electron chi connectivity index (χ1n) is 7.23. The Kier molecular flexibility index (Phi) is 5.72. The van der Waals surface area contributed by atoms with E-state index in [9.17, 15) is 14.4 Å². The standard InChI is InChI=1S/C16H17N3O6/c1-24-12-5-3-10(7-13(12)25-2)11-4-6-15(21)19(18-11)9-14(20)17-8-16(22)23/h3-7H,8-9H2,1-2H3,(H,17,20)(H,22,23). The molecule has 9 nitrogen and oxygen atoms in total. The Morgan fingerprint density at radius 2 is 1.88 bits per heavy atom. The Morgan fingerprint density at radius 1 is 1.16 bits per heavy atom. The second-order valence-electron chi connectivity index (χ2n) is 4.95. The molecular weight excluding hydrogens is 330 g/mol. The number of carbonyl (C=O) groups excluding carboxylic acids is 1. The van der Waals surface area contributed by atoms with Gasteiger partial charge in [-0.3, -0.25) is 14.4 Å². The Labute approximate surface area is 142 Å². The molecule has 0 fully saturated rings. The fraction of sp³-hybridized carbons (Fsp3) is 0.250. The zero-order valence-corrected chi connectivity index (χ0v) is 13.7. The van der Waals surface area contributed by atoms with Gasteiger partial charge >= 0.3 is 5.97 Å². The number of carbonyl (C=O) groups is 2. The van der Waals surface area contributed by atoms with Crippen molar-refractivity contribution in [3.8, 4) is 22.8 Å². The lowest BCUT2D eigenvalue weighted by atomic mass is 10.1. The average molecular weight is 347 g/mol. The SMILES string of the molecule is COc1ccc(-c2ccc(=O)n(CC(=O)NCC(=O)O)n2)cc1OC. The first-order chi connectivity index (χ1) is 11.9. The quantitative estimate of drug-likeness (QED) is 0.730. The second kappa shape index (κ2) is 7.95. The van der Waals surface area contributed by atoms with Gasteiger partial charge in [0.15, 0.2) is 11.5 Å². The second-order valence-corrected chi connectivity index (χ2v) is 4.95. The molecule has 0 spiro atoms. The van der Waals surface area contributed by atoms with E-state index in [4.69, 9.17) is 14.6 Å². The molecule has 2 rings (SSSR count). The molecule has 2 N–H and O–H groups in total. The van der Waals surface area contributed by atoms with Crippen molar-refractivity contribution < 1.29 is 24.2 Å². The number of ether oxygens (including phenoxy) is 2. The summed E-state index contributed by atoms with van der Waals surface area (Å²) in [5.41, 5.74) is 0.638. The lowest BCUT2D eigenvalue weighted by Crippen LogP contribution is -2.36. The van der Waals surface area contributed by atoms with E-state index in [0.29, 0.717) is 22.8 Å². The van der Waals surface area contributed by atoms with Crippen LogP contribution < -0.4 is 20.3 Å². The highest BCUT2D eigenvalue weighted by Crippen LogP contribution is 2.31. The molecule has 0 bridgehead atoms. The zero-order valence-electron chi connectivity index (χ0n) is 13.7. The summed E-state index contributed by atoms with van der Waals surface area (Å²) in [6.45, 7) is -0.907. The van der Waals surface area contributed by atoms with E-state index in [2.05, 4.69) is 10.4 Å². The average Bonchev–Trinajstić information content (AvgIpc) is 2.61. The van der Waals surface area contributed by atoms with Gasteiger partial charge in [-0.05, 0) is 24.3 Å². The molecule has 0 aliphatic heterocycles. The van der Waals surface area contributed by atoms with Crippen molar-refractivity contribution in [2.45, 2.75) is 6.54 Å². The van der Waals surface area contributed by atoms with Crippen LogP contribution in [0.15, 0.2) is 35.1 Å². The number of nitrogens with zero attached hydrogens (tertiary/aromatic N) is 2. The fourth-order valence-electron chi connectivity index (χ4n) is 2.08. The summed E-state index contributed by atoms with van der Waals surface area (Å²) in [5.74, 6) is -0.749. The minimum atomic E-state index is -1.17. The van der Waals surface area contributed by atoms with Gasteiger partial charge in [-0.15, -0.1) is 0 Å². The predicted molar refractivity (Wildman–Crippen MR) is 87.7 cm³/mol. The molecule has 25 heavy (non-hydrogen) atoms. The Morgan fingerprint density at radius 3 is 2.52 bits per heavy atom. The summed E-state index contributed by atoms with van der Waals surface area (Å²) in [6, 6.07) is 7.94. The van der Waals surface area contributed by atoms with Crippen LogP contribution in [0.5, 0.6) is 11.5 Å². The number of rotatable bonds is 7. The zero-order chi connectivity index (χ0) is 18.4. The number of hydrogen-bond donors (Lipinski definition) is 2. The van der Waals surface area contributed by atoms with Gasteiger partial charge in [-0.1, -0.05) is 0 Å². The summed E-state index contributed by atoms with van der Waals surface area (Å²) >= 11 is 0. The van der Waals surface area contributed by atoms with Gasteiger partial charge in [0.2, 0.25) is 5.91 Å². The fourth-order valence-corrected chi connectivity index (χ4v) is 2.08. The molecule has 9 heteroatoms. The summed E-state index contributed by atoms with van der Waals surface area (Å²) in [4.78, 5) is 34.0. The Bertz CT molecular complexity index is 846. The molecule has 0 aliphatic rings. The molecule has 132 valence electrons. The number of aliphatic carboxylic acids is 1. The van der Waals surface area contributed by atoms with Gasteiger partial charge in [0.1, 0.15) is 13.1 Å². The molecular formula is C16H17N3O6. The van der Waals surface area contributed by atoms with Crippen molar-refractivity contribution in [3.63, 3.8) is 0 Å². The van der Waals surface area contributed by atoms with Crippen molar-refractivity contribution in [3.05, 3.63) is 40.7 Å². The molecule has 0 saturated heterocycles. The minimum absolute atomic E-state index is 0.382. The van der Waals surface area contributed by atoms with E-state index < -0.39 is 24.0 Å². The lowest BCUT2D eigenvalue weighted by Gasteiger charge is -2.10. The predicted octanol–water partition coefficient (Wildman–Crippen LogP) is 0.128. The molecule has 0 atom stereocenters. The number of carboxylic acid groups (broad SMARTS) is 1. The maximum Gasteiger partial charge on any atom is 0.322 e. The summed E-state index contributed by atoms with van der Waals surface area (Å²) < 4.78 is 11.4. The third-order valence-electron chi connectivity index (χ3n) is 3.28. The van der Waals surface area contributed by atoms with E-state index in [1.54, 1.807) is 18.2 Å². The van der Waals surface area contributed by atoms with Crippen LogP contribution in [0.1, 0.15) is 0 Å². The molecule has 1 aromatic carbocycles. The van der Waals surface area contributed by atoms with E-state index in [0.717, 1.165) is 4.68 Å². The smallest absolute Gasteiger partial charge is 0.322 e. The molecule has 0 radical (unpaired) electrons. The van der Waals surface area contributed by atoms with Crippen molar-refractivity contribution in [1.29, 1.82) is 0 Å². The Hall–Kier alpha value is -3.36. The Balaban J connectivity index is 2.28. The van der Waals surface area contributed by atoms with Crippen LogP contribution in [0.3, 0.4) is 0 Å². The van der Waals surface area contributed by atoms with Gasteiger partial charge in [0.05, 0.1) is 19.9 Å². The highest BCUT2D eigenvalue weighted by Gasteiger charge is 2.11. The highest BCUT2D eigenvalue weighted by molar-refractivity contribution is 5.80. The van der Waals surface area contributed by atoms with Crippen molar-refractivity contribution >= 4 is 11.9 Å². The third kappa shape index (κ3) is 4.56. The van der Waals surface area contributed by atoms with Gasteiger partial charge in [0.25, 0.3) is 5.56 Å².